The van der Waals surface area contributed by atoms with E-state index in [0.29, 0.717) is 35.5 Å². The lowest BCUT2D eigenvalue weighted by Crippen LogP contribution is -2.48. The Labute approximate surface area is 216 Å². The summed E-state index contributed by atoms with van der Waals surface area (Å²) < 4.78 is 14.4. The van der Waals surface area contributed by atoms with E-state index in [1.807, 2.05) is 19.9 Å². The number of benzene rings is 1. The van der Waals surface area contributed by atoms with Crippen LogP contribution < -0.4 is 16.5 Å². The molecular formula is C27H34FN7O2. The average molecular weight is 508 g/mol. The lowest BCUT2D eigenvalue weighted by molar-refractivity contribution is -0.131. The highest BCUT2D eigenvalue weighted by Crippen LogP contribution is 2.53. The van der Waals surface area contributed by atoms with E-state index in [1.165, 1.54) is 17.1 Å². The number of nitrogens with two attached hydrogens (primary N) is 1. The summed E-state index contributed by atoms with van der Waals surface area (Å²) in [5, 5.41) is 17.1. The van der Waals surface area contributed by atoms with Crippen LogP contribution in [0.5, 0.6) is 0 Å². The second-order valence-electron chi connectivity index (χ2n) is 10.2. The third kappa shape index (κ3) is 5.37. The number of rotatable bonds is 7. The van der Waals surface area contributed by atoms with Gasteiger partial charge in [-0.05, 0) is 86.4 Å². The zero-order valence-corrected chi connectivity index (χ0v) is 21.7. The fourth-order valence-corrected chi connectivity index (χ4v) is 5.24. The first-order chi connectivity index (χ1) is 17.6. The topological polar surface area (TPSA) is 127 Å². The molecule has 1 aromatic carbocycles. The molecule has 2 fully saturated rings. The molecule has 4 rings (SSSR count). The average Bonchev–Trinajstić information content (AvgIpc) is 3.66. The number of amidine groups is 1. The van der Waals surface area contributed by atoms with Crippen molar-refractivity contribution in [2.45, 2.75) is 65.2 Å². The maximum absolute atomic E-state index is 14.4. The van der Waals surface area contributed by atoms with Crippen LogP contribution >= 0.6 is 0 Å². The zero-order valence-electron chi connectivity index (χ0n) is 21.7. The fourth-order valence-electron chi connectivity index (χ4n) is 5.24. The van der Waals surface area contributed by atoms with E-state index < -0.39 is 23.3 Å². The minimum atomic E-state index is -1.01. The predicted molar refractivity (Wildman–Crippen MR) is 138 cm³/mol. The highest BCUT2D eigenvalue weighted by molar-refractivity contribution is 6.10. The van der Waals surface area contributed by atoms with Crippen LogP contribution in [0.4, 0.5) is 4.39 Å². The second kappa shape index (κ2) is 10.3. The molecular weight excluding hydrogens is 473 g/mol. The molecule has 3 atom stereocenters. The van der Waals surface area contributed by atoms with E-state index in [9.17, 15) is 19.2 Å². The van der Waals surface area contributed by atoms with Crippen molar-refractivity contribution in [2.75, 3.05) is 7.05 Å². The minimum Gasteiger partial charge on any atom is -0.360 e. The highest BCUT2D eigenvalue weighted by atomic mass is 19.1. The number of aliphatic imine (C=N–C) groups is 1. The van der Waals surface area contributed by atoms with Crippen molar-refractivity contribution in [3.05, 3.63) is 53.1 Å². The third-order valence-electron chi connectivity index (χ3n) is 7.13. The molecule has 3 unspecified atom stereocenters. The summed E-state index contributed by atoms with van der Waals surface area (Å²) in [6, 6.07) is 6.74. The minimum absolute atomic E-state index is 0.0911. The molecule has 2 aliphatic heterocycles. The highest BCUT2D eigenvalue weighted by Gasteiger charge is 2.59. The standard InChI is InChI=1S/C27H34FN7O2/c1-5-19(14-34(4)30)20-9-18(10-22(28)11-20)13-31-25(36)24-32-16(2)8-23(33-24)35-17(3)12-27(15-29,26(35)37)21-6-7-21/h8-11,14,17,21,24,32H,5-7,12-13,30H2,1-4H3,(H,31,36)/b19-14+. The van der Waals surface area contributed by atoms with Crippen molar-refractivity contribution in [1.29, 1.82) is 5.26 Å². The van der Waals surface area contributed by atoms with Crippen molar-refractivity contribution >= 4 is 23.2 Å². The Morgan fingerprint density at radius 3 is 2.78 bits per heavy atom. The molecule has 0 aromatic heterocycles. The van der Waals surface area contributed by atoms with Gasteiger partial charge in [0, 0.05) is 31.5 Å². The van der Waals surface area contributed by atoms with Crippen LogP contribution in [0, 0.1) is 28.5 Å². The number of nitrogens with zero attached hydrogens (tertiary/aromatic N) is 4. The predicted octanol–water partition coefficient (Wildman–Crippen LogP) is 2.77. The van der Waals surface area contributed by atoms with Crippen LogP contribution in [0.1, 0.15) is 57.6 Å². The van der Waals surface area contributed by atoms with Gasteiger partial charge in [-0.25, -0.2) is 15.2 Å². The molecule has 2 amide bonds. The Bertz CT molecular complexity index is 1230. The molecule has 0 bridgehead atoms. The zero-order chi connectivity index (χ0) is 26.9. The Morgan fingerprint density at radius 1 is 1.43 bits per heavy atom. The lowest BCUT2D eigenvalue weighted by Gasteiger charge is -2.28. The van der Waals surface area contributed by atoms with Gasteiger partial charge in [-0.3, -0.25) is 14.5 Å². The first-order valence-corrected chi connectivity index (χ1v) is 12.6. The van der Waals surface area contributed by atoms with Crippen LogP contribution in [0.15, 0.2) is 41.2 Å². The summed E-state index contributed by atoms with van der Waals surface area (Å²) in [5.41, 5.74) is 1.83. The van der Waals surface area contributed by atoms with E-state index >= 15 is 0 Å². The number of carbonyl (C=O) groups is 2. The maximum atomic E-state index is 14.4. The first-order valence-electron chi connectivity index (χ1n) is 12.6. The molecule has 3 aliphatic rings. The maximum Gasteiger partial charge on any atom is 0.265 e. The molecule has 4 N–H and O–H groups in total. The number of allylic oxidation sites excluding steroid dienone is 2. The van der Waals surface area contributed by atoms with E-state index in [1.54, 1.807) is 31.1 Å². The van der Waals surface area contributed by atoms with Gasteiger partial charge in [0.2, 0.25) is 12.1 Å². The van der Waals surface area contributed by atoms with Crippen molar-refractivity contribution < 1.29 is 14.0 Å². The normalized spacial score (nSPS) is 25.7. The van der Waals surface area contributed by atoms with Gasteiger partial charge in [0.15, 0.2) is 0 Å². The van der Waals surface area contributed by atoms with E-state index in [0.717, 1.165) is 18.4 Å². The van der Waals surface area contributed by atoms with Crippen LogP contribution in [-0.4, -0.2) is 46.8 Å². The molecule has 0 spiro atoms. The molecule has 9 nitrogen and oxygen atoms in total. The largest absolute Gasteiger partial charge is 0.360 e. The van der Waals surface area contributed by atoms with Gasteiger partial charge in [0.05, 0.1) is 6.07 Å². The van der Waals surface area contributed by atoms with Crippen LogP contribution in [0.25, 0.3) is 5.57 Å². The smallest absolute Gasteiger partial charge is 0.265 e. The molecule has 37 heavy (non-hydrogen) atoms. The molecule has 196 valence electrons. The summed E-state index contributed by atoms with van der Waals surface area (Å²) in [5.74, 6) is 5.15. The molecule has 1 aliphatic carbocycles. The number of halogens is 1. The van der Waals surface area contributed by atoms with Crippen molar-refractivity contribution in [2.24, 2.45) is 22.2 Å². The number of carbonyl (C=O) groups excluding carboxylic acids is 2. The van der Waals surface area contributed by atoms with E-state index in [-0.39, 0.29) is 24.4 Å². The summed E-state index contributed by atoms with van der Waals surface area (Å²) in [4.78, 5) is 32.5. The quantitative estimate of drug-likeness (QED) is 0.385. The number of likely N-dealkylation sites (tertiary alicyclic amines) is 1. The van der Waals surface area contributed by atoms with Gasteiger partial charge in [-0.2, -0.15) is 5.26 Å². The van der Waals surface area contributed by atoms with Gasteiger partial charge >= 0.3 is 0 Å². The number of hydrazine groups is 1. The number of hydrogen-bond donors (Lipinski definition) is 3. The van der Waals surface area contributed by atoms with Crippen molar-refractivity contribution in [3.8, 4) is 6.07 Å². The van der Waals surface area contributed by atoms with Gasteiger partial charge in [-0.1, -0.05) is 6.92 Å². The Balaban J connectivity index is 1.50. The molecule has 2 heterocycles. The van der Waals surface area contributed by atoms with E-state index in [2.05, 4.69) is 21.7 Å². The van der Waals surface area contributed by atoms with Crippen molar-refractivity contribution in [3.63, 3.8) is 0 Å². The van der Waals surface area contributed by atoms with Crippen molar-refractivity contribution in [1.82, 2.24) is 20.5 Å². The van der Waals surface area contributed by atoms with Gasteiger partial charge in [0.25, 0.3) is 5.91 Å². The summed E-state index contributed by atoms with van der Waals surface area (Å²) >= 11 is 0. The molecule has 0 radical (unpaired) electrons. The van der Waals surface area contributed by atoms with Gasteiger partial charge in [0.1, 0.15) is 17.1 Å². The summed E-state index contributed by atoms with van der Waals surface area (Å²) in [7, 11) is 1.70. The Morgan fingerprint density at radius 2 is 2.16 bits per heavy atom. The van der Waals surface area contributed by atoms with E-state index in [4.69, 9.17) is 5.84 Å². The van der Waals surface area contributed by atoms with Crippen LogP contribution in [0.3, 0.4) is 0 Å². The second-order valence-corrected chi connectivity index (χ2v) is 10.2. The summed E-state index contributed by atoms with van der Waals surface area (Å²) in [6.45, 7) is 5.76. The molecule has 1 saturated carbocycles. The molecule has 10 heteroatoms. The Hall–Kier alpha value is -3.71. The van der Waals surface area contributed by atoms with Gasteiger partial charge < -0.3 is 15.6 Å². The van der Waals surface area contributed by atoms with Crippen LogP contribution in [-0.2, 0) is 16.1 Å². The number of amides is 2. The van der Waals surface area contributed by atoms with Crippen LogP contribution in [0.2, 0.25) is 0 Å². The van der Waals surface area contributed by atoms with Gasteiger partial charge in [-0.15, -0.1) is 0 Å². The Kier molecular flexibility index (Phi) is 7.37. The fraction of sp³-hybridized carbons (Fsp3) is 0.481. The monoisotopic (exact) mass is 507 g/mol. The summed E-state index contributed by atoms with van der Waals surface area (Å²) in [6.07, 6.45) is 5.39. The number of hydrogen-bond acceptors (Lipinski definition) is 7. The number of nitriles is 1. The first kappa shape index (κ1) is 26.4. The third-order valence-corrected chi connectivity index (χ3v) is 7.13. The SMILES string of the molecule is CC/C(=C\N(C)N)c1cc(F)cc(CNC(=O)C2N=C(N3C(=O)C(C#N)(C4CC4)CC3C)C=C(C)N2)c1. The number of nitrogens with one attached hydrogen (secondary N) is 2. The molecule has 1 saturated heterocycles. The molecule has 1 aromatic rings. The lowest BCUT2D eigenvalue weighted by atomic mass is 9.81.